The Labute approximate surface area is 210 Å². The third kappa shape index (κ3) is 7.14. The highest BCUT2D eigenvalue weighted by atomic mass is 35.5. The van der Waals surface area contributed by atoms with Crippen LogP contribution in [0.2, 0.25) is 5.02 Å². The molecule has 0 bridgehead atoms. The molecular weight excluding hydrogens is 488 g/mol. The van der Waals surface area contributed by atoms with E-state index in [2.05, 4.69) is 31.2 Å². The van der Waals surface area contributed by atoms with Crippen molar-refractivity contribution >= 4 is 56.2 Å². The maximum Gasteiger partial charge on any atom is 0.238 e. The molecule has 0 aliphatic rings. The average molecular weight is 517 g/mol. The Bertz CT molecular complexity index is 1280. The number of sulfone groups is 1. The molecule has 0 aliphatic carbocycles. The topological polar surface area (TPSA) is 125 Å². The van der Waals surface area contributed by atoms with Crippen LogP contribution in [0.4, 0.5) is 28.8 Å². The Morgan fingerprint density at radius 1 is 0.971 bits per heavy atom. The van der Waals surface area contributed by atoms with Gasteiger partial charge in [0.15, 0.2) is 15.7 Å². The second kappa shape index (κ2) is 11.5. The number of para-hydroxylation sites is 1. The van der Waals surface area contributed by atoms with Crippen molar-refractivity contribution < 1.29 is 13.2 Å². The van der Waals surface area contributed by atoms with Gasteiger partial charge in [-0.2, -0.15) is 4.98 Å². The lowest BCUT2D eigenvalue weighted by Crippen LogP contribution is -2.32. The molecule has 0 radical (unpaired) electrons. The second-order valence-corrected chi connectivity index (χ2v) is 11.3. The van der Waals surface area contributed by atoms with Gasteiger partial charge < -0.3 is 21.3 Å². The van der Waals surface area contributed by atoms with E-state index >= 15 is 0 Å². The molecule has 0 saturated carbocycles. The largest absolute Gasteiger partial charge is 0.338 e. The molecule has 4 N–H and O–H groups in total. The number of aromatic nitrogens is 2. The predicted octanol–water partition coefficient (Wildman–Crippen LogP) is 4.74. The van der Waals surface area contributed by atoms with E-state index in [1.165, 1.54) is 6.20 Å². The highest BCUT2D eigenvalue weighted by Crippen LogP contribution is 2.30. The summed E-state index contributed by atoms with van der Waals surface area (Å²) in [5.74, 6) is 0.395. The summed E-state index contributed by atoms with van der Waals surface area (Å²) < 4.78 is 25.5. The van der Waals surface area contributed by atoms with Gasteiger partial charge >= 0.3 is 0 Å². The summed E-state index contributed by atoms with van der Waals surface area (Å²) in [6, 6.07) is 13.9. The van der Waals surface area contributed by atoms with Crippen LogP contribution in [-0.2, 0) is 14.6 Å². The predicted molar refractivity (Wildman–Crippen MR) is 141 cm³/mol. The molecule has 11 heteroatoms. The first-order valence-electron chi connectivity index (χ1n) is 11.1. The van der Waals surface area contributed by atoms with Crippen molar-refractivity contribution in [2.45, 2.75) is 43.9 Å². The fraction of sp³-hybridized carbons (Fsp3) is 0.292. The molecule has 0 spiro atoms. The molecule has 35 heavy (non-hydrogen) atoms. The van der Waals surface area contributed by atoms with Crippen molar-refractivity contribution in [2.75, 3.05) is 22.5 Å². The normalized spacial score (nSPS) is 11.5. The maximum atomic E-state index is 12.7. The van der Waals surface area contributed by atoms with Gasteiger partial charge in [-0.25, -0.2) is 13.4 Å². The SMILES string of the molecule is CC(C)NCC(=O)Nc1ccc(Nc2ncc(Cl)c(Nc3ccccc3S(=O)(=O)C(C)C)n2)cc1. The minimum atomic E-state index is -3.52. The highest BCUT2D eigenvalue weighted by molar-refractivity contribution is 7.92. The number of carbonyl (C=O) groups is 1. The monoisotopic (exact) mass is 516 g/mol. The van der Waals surface area contributed by atoms with Gasteiger partial charge in [0.2, 0.25) is 11.9 Å². The molecule has 0 atom stereocenters. The van der Waals surface area contributed by atoms with Crippen LogP contribution in [0.15, 0.2) is 59.6 Å². The van der Waals surface area contributed by atoms with Crippen LogP contribution in [0.25, 0.3) is 0 Å². The molecule has 3 aromatic rings. The average Bonchev–Trinajstić information content (AvgIpc) is 2.81. The number of amides is 1. The number of anilines is 5. The Kier molecular flexibility index (Phi) is 8.66. The van der Waals surface area contributed by atoms with Gasteiger partial charge in [-0.15, -0.1) is 0 Å². The molecule has 1 amide bonds. The lowest BCUT2D eigenvalue weighted by atomic mass is 10.2. The van der Waals surface area contributed by atoms with Crippen LogP contribution in [-0.4, -0.2) is 42.1 Å². The number of nitrogens with zero attached hydrogens (tertiary/aromatic N) is 2. The van der Waals surface area contributed by atoms with Crippen LogP contribution >= 0.6 is 11.6 Å². The summed E-state index contributed by atoms with van der Waals surface area (Å²) in [7, 11) is -3.52. The summed E-state index contributed by atoms with van der Waals surface area (Å²) >= 11 is 6.28. The molecule has 0 aliphatic heterocycles. The zero-order valence-corrected chi connectivity index (χ0v) is 21.5. The minimum Gasteiger partial charge on any atom is -0.338 e. The van der Waals surface area contributed by atoms with E-state index in [0.29, 0.717) is 17.1 Å². The van der Waals surface area contributed by atoms with Crippen molar-refractivity contribution in [1.82, 2.24) is 15.3 Å². The number of benzene rings is 2. The number of nitrogens with one attached hydrogen (secondary N) is 4. The smallest absolute Gasteiger partial charge is 0.238 e. The fourth-order valence-electron chi connectivity index (χ4n) is 2.98. The van der Waals surface area contributed by atoms with E-state index in [4.69, 9.17) is 11.6 Å². The molecule has 3 rings (SSSR count). The summed E-state index contributed by atoms with van der Waals surface area (Å²) in [5.41, 5.74) is 1.73. The van der Waals surface area contributed by atoms with Gasteiger partial charge in [-0.05, 0) is 50.2 Å². The zero-order valence-electron chi connectivity index (χ0n) is 20.0. The van der Waals surface area contributed by atoms with E-state index in [0.717, 1.165) is 0 Å². The summed E-state index contributed by atoms with van der Waals surface area (Å²) in [6.07, 6.45) is 1.43. The van der Waals surface area contributed by atoms with E-state index in [1.807, 2.05) is 13.8 Å². The Hall–Kier alpha value is -3.21. The van der Waals surface area contributed by atoms with Crippen molar-refractivity contribution in [3.05, 3.63) is 59.8 Å². The summed E-state index contributed by atoms with van der Waals surface area (Å²) in [5, 5.41) is 11.6. The molecular formula is C24H29ClN6O3S. The van der Waals surface area contributed by atoms with Crippen molar-refractivity contribution in [3.8, 4) is 0 Å². The van der Waals surface area contributed by atoms with Crippen molar-refractivity contribution in [2.24, 2.45) is 0 Å². The third-order valence-corrected chi connectivity index (χ3v) is 7.39. The van der Waals surface area contributed by atoms with Gasteiger partial charge in [-0.3, -0.25) is 4.79 Å². The fourth-order valence-corrected chi connectivity index (χ4v) is 4.32. The highest BCUT2D eigenvalue weighted by Gasteiger charge is 2.23. The summed E-state index contributed by atoms with van der Waals surface area (Å²) in [4.78, 5) is 20.7. The number of halogens is 1. The first-order valence-corrected chi connectivity index (χ1v) is 13.0. The minimum absolute atomic E-state index is 0.129. The molecule has 0 saturated heterocycles. The quantitative estimate of drug-likeness (QED) is 0.304. The molecule has 0 unspecified atom stereocenters. The van der Waals surface area contributed by atoms with Crippen LogP contribution < -0.4 is 21.3 Å². The van der Waals surface area contributed by atoms with E-state index in [9.17, 15) is 13.2 Å². The second-order valence-electron chi connectivity index (χ2n) is 8.39. The van der Waals surface area contributed by atoms with Gasteiger partial charge in [0, 0.05) is 17.4 Å². The van der Waals surface area contributed by atoms with Crippen LogP contribution in [0.3, 0.4) is 0 Å². The number of carbonyl (C=O) groups excluding carboxylic acids is 1. The van der Waals surface area contributed by atoms with E-state index < -0.39 is 15.1 Å². The maximum absolute atomic E-state index is 12.7. The third-order valence-electron chi connectivity index (χ3n) is 4.91. The Morgan fingerprint density at radius 2 is 1.63 bits per heavy atom. The first-order chi connectivity index (χ1) is 16.6. The molecule has 1 aromatic heterocycles. The lowest BCUT2D eigenvalue weighted by Gasteiger charge is -2.15. The molecule has 2 aromatic carbocycles. The van der Waals surface area contributed by atoms with Gasteiger partial charge in [0.05, 0.1) is 28.6 Å². The van der Waals surface area contributed by atoms with Gasteiger partial charge in [-0.1, -0.05) is 37.6 Å². The Balaban J connectivity index is 1.74. The van der Waals surface area contributed by atoms with E-state index in [1.54, 1.807) is 62.4 Å². The molecule has 0 fully saturated rings. The number of rotatable bonds is 10. The zero-order chi connectivity index (χ0) is 25.6. The molecule has 186 valence electrons. The lowest BCUT2D eigenvalue weighted by molar-refractivity contribution is -0.115. The molecule has 1 heterocycles. The van der Waals surface area contributed by atoms with Crippen molar-refractivity contribution in [1.29, 1.82) is 0 Å². The van der Waals surface area contributed by atoms with E-state index in [-0.39, 0.29) is 40.2 Å². The van der Waals surface area contributed by atoms with Crippen LogP contribution in [0, 0.1) is 0 Å². The summed E-state index contributed by atoms with van der Waals surface area (Å²) in [6.45, 7) is 7.43. The Morgan fingerprint density at radius 3 is 2.29 bits per heavy atom. The van der Waals surface area contributed by atoms with Crippen LogP contribution in [0.1, 0.15) is 27.7 Å². The molecule has 9 nitrogen and oxygen atoms in total. The number of hydrogen-bond acceptors (Lipinski definition) is 8. The van der Waals surface area contributed by atoms with Crippen LogP contribution in [0.5, 0.6) is 0 Å². The van der Waals surface area contributed by atoms with Gasteiger partial charge in [0.25, 0.3) is 0 Å². The first kappa shape index (κ1) is 26.4. The number of hydrogen-bond donors (Lipinski definition) is 4. The van der Waals surface area contributed by atoms with Crippen molar-refractivity contribution in [3.63, 3.8) is 0 Å². The standard InChI is InChI=1S/C24H29ClN6O3S/c1-15(2)26-14-22(32)28-17-9-11-18(12-10-17)29-24-27-13-19(25)23(31-24)30-20-7-5-6-8-21(20)35(33,34)16(3)4/h5-13,15-16,26H,14H2,1-4H3,(H,28,32)(H2,27,29,30,31). The van der Waals surface area contributed by atoms with Gasteiger partial charge in [0.1, 0.15) is 5.02 Å².